The second kappa shape index (κ2) is 7.80. The molecule has 0 atom stereocenters. The third kappa shape index (κ3) is 4.45. The molecule has 2 aromatic rings. The molecule has 0 fully saturated rings. The zero-order chi connectivity index (χ0) is 15.2. The van der Waals surface area contributed by atoms with Gasteiger partial charge < -0.3 is 4.90 Å². The van der Waals surface area contributed by atoms with Crippen LogP contribution in [0.2, 0.25) is 5.02 Å². The molecule has 0 bridgehead atoms. The van der Waals surface area contributed by atoms with Crippen molar-refractivity contribution in [2.75, 3.05) is 13.1 Å². The van der Waals surface area contributed by atoms with Crippen LogP contribution in [-0.4, -0.2) is 23.9 Å². The number of nitrogens with zero attached hydrogens (tertiary/aromatic N) is 1. The highest BCUT2D eigenvalue weighted by atomic mass is 127. The van der Waals surface area contributed by atoms with Gasteiger partial charge in [-0.3, -0.25) is 4.79 Å². The molecule has 0 aliphatic heterocycles. The number of hydrogen-bond donors (Lipinski definition) is 0. The van der Waals surface area contributed by atoms with Crippen molar-refractivity contribution in [3.05, 3.63) is 68.3 Å². The summed E-state index contributed by atoms with van der Waals surface area (Å²) in [5.74, 6) is 0.0420. The minimum atomic E-state index is 0.0420. The van der Waals surface area contributed by atoms with Gasteiger partial charge in [-0.05, 0) is 59.7 Å². The molecular weight excluding hydrogens is 397 g/mol. The van der Waals surface area contributed by atoms with E-state index in [0.717, 1.165) is 9.99 Å². The highest BCUT2D eigenvalue weighted by molar-refractivity contribution is 14.1. The third-order valence-electron chi connectivity index (χ3n) is 3.34. The zero-order valence-electron chi connectivity index (χ0n) is 11.9. The molecule has 0 radical (unpaired) electrons. The number of likely N-dealkylation sites (N-methyl/N-ethyl adjacent to an activating group) is 1. The lowest BCUT2D eigenvalue weighted by atomic mass is 10.1. The van der Waals surface area contributed by atoms with E-state index < -0.39 is 0 Å². The summed E-state index contributed by atoms with van der Waals surface area (Å²) < 4.78 is 0.931. The van der Waals surface area contributed by atoms with Crippen molar-refractivity contribution >= 4 is 40.1 Å². The topological polar surface area (TPSA) is 20.3 Å². The fraction of sp³-hybridized carbons (Fsp3) is 0.235. The van der Waals surface area contributed by atoms with E-state index in [1.54, 1.807) is 12.1 Å². The van der Waals surface area contributed by atoms with Crippen LogP contribution in [0.3, 0.4) is 0 Å². The summed E-state index contributed by atoms with van der Waals surface area (Å²) in [6.45, 7) is 3.40. The summed E-state index contributed by atoms with van der Waals surface area (Å²) in [7, 11) is 0. The van der Waals surface area contributed by atoms with Gasteiger partial charge in [0.2, 0.25) is 0 Å². The molecule has 0 aromatic heterocycles. The van der Waals surface area contributed by atoms with Crippen LogP contribution in [0.5, 0.6) is 0 Å². The van der Waals surface area contributed by atoms with Gasteiger partial charge in [0.05, 0.1) is 5.56 Å². The van der Waals surface area contributed by atoms with Crippen molar-refractivity contribution in [2.24, 2.45) is 0 Å². The Morgan fingerprint density at radius 3 is 2.57 bits per heavy atom. The van der Waals surface area contributed by atoms with Crippen molar-refractivity contribution in [2.45, 2.75) is 13.3 Å². The van der Waals surface area contributed by atoms with Crippen LogP contribution in [0.4, 0.5) is 0 Å². The van der Waals surface area contributed by atoms with Gasteiger partial charge in [-0.1, -0.05) is 41.9 Å². The summed E-state index contributed by atoms with van der Waals surface area (Å²) in [5.41, 5.74) is 1.92. The Labute approximate surface area is 144 Å². The van der Waals surface area contributed by atoms with Gasteiger partial charge in [0.25, 0.3) is 5.91 Å². The van der Waals surface area contributed by atoms with Gasteiger partial charge in [-0.15, -0.1) is 0 Å². The summed E-state index contributed by atoms with van der Waals surface area (Å²) >= 11 is 8.18. The van der Waals surface area contributed by atoms with Crippen LogP contribution in [-0.2, 0) is 6.42 Å². The Balaban J connectivity index is 2.10. The van der Waals surface area contributed by atoms with Gasteiger partial charge >= 0.3 is 0 Å². The molecule has 0 unspecified atom stereocenters. The lowest BCUT2D eigenvalue weighted by Crippen LogP contribution is -2.33. The first-order valence-electron chi connectivity index (χ1n) is 6.90. The minimum Gasteiger partial charge on any atom is -0.339 e. The van der Waals surface area contributed by atoms with Crippen LogP contribution in [0.1, 0.15) is 22.8 Å². The van der Waals surface area contributed by atoms with Crippen LogP contribution >= 0.6 is 34.2 Å². The predicted octanol–water partition coefficient (Wildman–Crippen LogP) is 4.65. The molecule has 0 aliphatic rings. The van der Waals surface area contributed by atoms with Crippen LogP contribution < -0.4 is 0 Å². The quantitative estimate of drug-likeness (QED) is 0.654. The third-order valence-corrected chi connectivity index (χ3v) is 4.52. The molecule has 0 spiro atoms. The Morgan fingerprint density at radius 1 is 1.19 bits per heavy atom. The number of benzene rings is 2. The fourth-order valence-electron chi connectivity index (χ4n) is 2.14. The largest absolute Gasteiger partial charge is 0.339 e. The lowest BCUT2D eigenvalue weighted by molar-refractivity contribution is 0.0765. The standard InChI is InChI=1S/C17H17ClINO/c1-2-20(11-10-13-6-4-3-5-7-13)17(21)15-12-14(18)8-9-16(15)19/h3-9,12H,2,10-11H2,1H3. The molecule has 0 N–H and O–H groups in total. The van der Waals surface area contributed by atoms with E-state index in [0.29, 0.717) is 23.7 Å². The minimum absolute atomic E-state index is 0.0420. The maximum atomic E-state index is 12.6. The second-order valence-corrected chi connectivity index (χ2v) is 6.34. The van der Waals surface area contributed by atoms with Crippen molar-refractivity contribution in [1.82, 2.24) is 4.90 Å². The highest BCUT2D eigenvalue weighted by Gasteiger charge is 2.17. The summed E-state index contributed by atoms with van der Waals surface area (Å²) in [5, 5.41) is 0.595. The van der Waals surface area contributed by atoms with E-state index in [-0.39, 0.29) is 5.91 Å². The zero-order valence-corrected chi connectivity index (χ0v) is 14.8. The molecule has 2 rings (SSSR count). The van der Waals surface area contributed by atoms with Crippen molar-refractivity contribution < 1.29 is 4.79 Å². The summed E-state index contributed by atoms with van der Waals surface area (Å²) in [6.07, 6.45) is 0.859. The van der Waals surface area contributed by atoms with E-state index >= 15 is 0 Å². The molecule has 4 heteroatoms. The number of hydrogen-bond acceptors (Lipinski definition) is 1. The number of amides is 1. The molecule has 1 amide bonds. The molecular formula is C17H17ClINO. The number of rotatable bonds is 5. The smallest absolute Gasteiger partial charge is 0.254 e. The normalized spacial score (nSPS) is 10.4. The molecule has 0 saturated heterocycles. The Hall–Kier alpha value is -1.07. The van der Waals surface area contributed by atoms with E-state index in [1.807, 2.05) is 36.1 Å². The maximum Gasteiger partial charge on any atom is 0.254 e. The van der Waals surface area contributed by atoms with E-state index in [9.17, 15) is 4.79 Å². The monoisotopic (exact) mass is 413 g/mol. The lowest BCUT2D eigenvalue weighted by Gasteiger charge is -2.21. The first-order chi connectivity index (χ1) is 10.1. The molecule has 0 saturated carbocycles. The Morgan fingerprint density at radius 2 is 1.90 bits per heavy atom. The first kappa shape index (κ1) is 16.3. The van der Waals surface area contributed by atoms with Crippen molar-refractivity contribution in [1.29, 1.82) is 0 Å². The van der Waals surface area contributed by atoms with Crippen LogP contribution in [0.25, 0.3) is 0 Å². The molecule has 110 valence electrons. The Kier molecular flexibility index (Phi) is 6.06. The number of carbonyl (C=O) groups is 1. The van der Waals surface area contributed by atoms with E-state index in [4.69, 9.17) is 11.6 Å². The van der Waals surface area contributed by atoms with Gasteiger partial charge in [0, 0.05) is 21.7 Å². The molecule has 2 aromatic carbocycles. The molecule has 21 heavy (non-hydrogen) atoms. The first-order valence-corrected chi connectivity index (χ1v) is 8.35. The average molecular weight is 414 g/mol. The summed E-state index contributed by atoms with van der Waals surface area (Å²) in [6, 6.07) is 15.6. The van der Waals surface area contributed by atoms with E-state index in [2.05, 4.69) is 34.7 Å². The highest BCUT2D eigenvalue weighted by Crippen LogP contribution is 2.19. The van der Waals surface area contributed by atoms with E-state index in [1.165, 1.54) is 5.56 Å². The van der Waals surface area contributed by atoms with Gasteiger partial charge in [-0.25, -0.2) is 0 Å². The SMILES string of the molecule is CCN(CCc1ccccc1)C(=O)c1cc(Cl)ccc1I. The average Bonchev–Trinajstić information content (AvgIpc) is 2.51. The van der Waals surface area contributed by atoms with Crippen LogP contribution in [0, 0.1) is 3.57 Å². The summed E-state index contributed by atoms with van der Waals surface area (Å²) in [4.78, 5) is 14.5. The van der Waals surface area contributed by atoms with Crippen molar-refractivity contribution in [3.8, 4) is 0 Å². The molecule has 0 heterocycles. The Bertz CT molecular complexity index is 615. The van der Waals surface area contributed by atoms with Gasteiger partial charge in [0.1, 0.15) is 0 Å². The second-order valence-electron chi connectivity index (χ2n) is 4.74. The predicted molar refractivity (Wildman–Crippen MR) is 95.9 cm³/mol. The van der Waals surface area contributed by atoms with Crippen molar-refractivity contribution in [3.63, 3.8) is 0 Å². The maximum absolute atomic E-state index is 12.6. The van der Waals surface area contributed by atoms with Crippen LogP contribution in [0.15, 0.2) is 48.5 Å². The molecule has 2 nitrogen and oxygen atoms in total. The van der Waals surface area contributed by atoms with Gasteiger partial charge in [-0.2, -0.15) is 0 Å². The fourth-order valence-corrected chi connectivity index (χ4v) is 2.88. The molecule has 0 aliphatic carbocycles. The number of carbonyl (C=O) groups excluding carboxylic acids is 1. The number of halogens is 2. The van der Waals surface area contributed by atoms with Gasteiger partial charge in [0.15, 0.2) is 0 Å².